The number of unbranched alkanes of at least 4 members (excludes halogenated alkanes) is 6. The lowest BCUT2D eigenvalue weighted by Crippen LogP contribution is -2.22. The third-order valence-corrected chi connectivity index (χ3v) is 2.38. The third-order valence-electron chi connectivity index (χ3n) is 2.38. The van der Waals surface area contributed by atoms with Crippen molar-refractivity contribution in [3.05, 3.63) is 12.7 Å². The molecule has 0 bridgehead atoms. The number of carbonyl (C=O) groups is 1. The van der Waals surface area contributed by atoms with Gasteiger partial charge in [0, 0.05) is 6.42 Å². The van der Waals surface area contributed by atoms with Crippen molar-refractivity contribution in [3.8, 4) is 0 Å². The number of carbonyl (C=O) groups excluding carboxylic acids is 1. The van der Waals surface area contributed by atoms with Gasteiger partial charge < -0.3 is 0 Å². The standard InChI is InChI=1S/C12H19F3O/c1-2-3-4-5-6-7-8-9-10-11(16)12(13,14)15/h2H,1,3-10H2. The Bertz CT molecular complexity index is 209. The van der Waals surface area contributed by atoms with Crippen LogP contribution in [0.4, 0.5) is 13.2 Å². The van der Waals surface area contributed by atoms with Crippen molar-refractivity contribution in [2.24, 2.45) is 0 Å². The Morgan fingerprint density at radius 1 is 1.00 bits per heavy atom. The van der Waals surface area contributed by atoms with Crippen molar-refractivity contribution in [1.29, 1.82) is 0 Å². The van der Waals surface area contributed by atoms with Gasteiger partial charge in [-0.2, -0.15) is 13.2 Å². The summed E-state index contributed by atoms with van der Waals surface area (Å²) in [6.07, 6.45) is 2.99. The highest BCUT2D eigenvalue weighted by atomic mass is 19.4. The summed E-state index contributed by atoms with van der Waals surface area (Å²) >= 11 is 0. The average molecular weight is 236 g/mol. The van der Waals surface area contributed by atoms with E-state index in [0.717, 1.165) is 32.1 Å². The summed E-state index contributed by atoms with van der Waals surface area (Å²) in [5, 5.41) is 0. The predicted octanol–water partition coefficient (Wildman–Crippen LogP) is 4.42. The first-order chi connectivity index (χ1) is 7.48. The normalized spacial score (nSPS) is 11.4. The molecule has 0 atom stereocenters. The molecule has 1 nitrogen and oxygen atoms in total. The number of hydrogen-bond acceptors (Lipinski definition) is 1. The maximum absolute atomic E-state index is 11.8. The second kappa shape index (κ2) is 8.36. The molecule has 0 aromatic rings. The fourth-order valence-electron chi connectivity index (χ4n) is 1.42. The van der Waals surface area contributed by atoms with Crippen LogP contribution in [0.15, 0.2) is 12.7 Å². The van der Waals surface area contributed by atoms with E-state index in [2.05, 4.69) is 6.58 Å². The Labute approximate surface area is 94.7 Å². The summed E-state index contributed by atoms with van der Waals surface area (Å²) in [5.74, 6) is -1.60. The zero-order valence-corrected chi connectivity index (χ0v) is 9.48. The van der Waals surface area contributed by atoms with E-state index >= 15 is 0 Å². The van der Waals surface area contributed by atoms with Gasteiger partial charge in [-0.1, -0.05) is 31.8 Å². The van der Waals surface area contributed by atoms with Crippen LogP contribution < -0.4 is 0 Å². The van der Waals surface area contributed by atoms with Gasteiger partial charge in [0.05, 0.1) is 0 Å². The lowest BCUT2D eigenvalue weighted by Gasteiger charge is -2.04. The minimum atomic E-state index is -4.65. The second-order valence-electron chi connectivity index (χ2n) is 3.87. The molecule has 0 unspecified atom stereocenters. The summed E-state index contributed by atoms with van der Waals surface area (Å²) in [6, 6.07) is 0. The van der Waals surface area contributed by atoms with Gasteiger partial charge in [-0.3, -0.25) is 4.79 Å². The minimum absolute atomic E-state index is 0.347. The summed E-state index contributed by atoms with van der Waals surface area (Å²) in [5.41, 5.74) is 0. The van der Waals surface area contributed by atoms with Gasteiger partial charge in [0.25, 0.3) is 0 Å². The van der Waals surface area contributed by atoms with Crippen LogP contribution >= 0.6 is 0 Å². The zero-order valence-electron chi connectivity index (χ0n) is 9.48. The monoisotopic (exact) mass is 236 g/mol. The number of alkyl halides is 3. The Morgan fingerprint density at radius 3 is 2.00 bits per heavy atom. The van der Waals surface area contributed by atoms with Gasteiger partial charge in [-0.05, 0) is 19.3 Å². The lowest BCUT2D eigenvalue weighted by atomic mass is 10.1. The summed E-state index contributed by atoms with van der Waals surface area (Å²) < 4.78 is 35.4. The topological polar surface area (TPSA) is 17.1 Å². The quantitative estimate of drug-likeness (QED) is 0.427. The number of rotatable bonds is 9. The molecule has 0 radical (unpaired) electrons. The van der Waals surface area contributed by atoms with Gasteiger partial charge in [0.15, 0.2) is 0 Å². The molecule has 94 valence electrons. The maximum Gasteiger partial charge on any atom is 0.449 e. The Balaban J connectivity index is 3.27. The van der Waals surface area contributed by atoms with E-state index in [1.54, 1.807) is 0 Å². The van der Waals surface area contributed by atoms with Gasteiger partial charge >= 0.3 is 6.18 Å². The Kier molecular flexibility index (Phi) is 7.95. The molecule has 0 fully saturated rings. The van der Waals surface area contributed by atoms with E-state index in [4.69, 9.17) is 0 Å². The van der Waals surface area contributed by atoms with Crippen LogP contribution in [0.3, 0.4) is 0 Å². The molecule has 0 rings (SSSR count). The molecule has 0 aromatic heterocycles. The van der Waals surface area contributed by atoms with Gasteiger partial charge in [0.2, 0.25) is 5.78 Å². The highest BCUT2D eigenvalue weighted by molar-refractivity contribution is 5.83. The van der Waals surface area contributed by atoms with Crippen molar-refractivity contribution in [3.63, 3.8) is 0 Å². The second-order valence-corrected chi connectivity index (χ2v) is 3.87. The first-order valence-electron chi connectivity index (χ1n) is 5.69. The van der Waals surface area contributed by atoms with Crippen LogP contribution in [0, 0.1) is 0 Å². The van der Waals surface area contributed by atoms with E-state index < -0.39 is 12.0 Å². The van der Waals surface area contributed by atoms with Crippen molar-refractivity contribution in [2.75, 3.05) is 0 Å². The SMILES string of the molecule is C=CCCCCCCCCC(=O)C(F)(F)F. The van der Waals surface area contributed by atoms with Gasteiger partial charge in [0.1, 0.15) is 0 Å². The molecular weight excluding hydrogens is 217 g/mol. The van der Waals surface area contributed by atoms with Crippen molar-refractivity contribution < 1.29 is 18.0 Å². The van der Waals surface area contributed by atoms with Crippen molar-refractivity contribution in [2.45, 2.75) is 57.5 Å². The summed E-state index contributed by atoms with van der Waals surface area (Å²) in [6.45, 7) is 3.61. The first-order valence-corrected chi connectivity index (χ1v) is 5.69. The molecule has 0 spiro atoms. The van der Waals surface area contributed by atoms with Crippen LogP contribution in [0.2, 0.25) is 0 Å². The van der Waals surface area contributed by atoms with Gasteiger partial charge in [-0.15, -0.1) is 6.58 Å². The van der Waals surface area contributed by atoms with Gasteiger partial charge in [-0.25, -0.2) is 0 Å². The highest BCUT2D eigenvalue weighted by Crippen LogP contribution is 2.19. The van der Waals surface area contributed by atoms with Crippen LogP contribution in [-0.4, -0.2) is 12.0 Å². The summed E-state index contributed by atoms with van der Waals surface area (Å²) in [4.78, 5) is 10.5. The van der Waals surface area contributed by atoms with Crippen LogP contribution in [0.1, 0.15) is 51.4 Å². The zero-order chi connectivity index (χ0) is 12.4. The van der Waals surface area contributed by atoms with Crippen LogP contribution in [0.25, 0.3) is 0 Å². The molecule has 0 aliphatic heterocycles. The molecular formula is C12H19F3O. The highest BCUT2D eigenvalue weighted by Gasteiger charge is 2.36. The molecule has 0 N–H and O–H groups in total. The number of halogens is 3. The van der Waals surface area contributed by atoms with E-state index in [-0.39, 0.29) is 6.42 Å². The molecule has 0 aromatic carbocycles. The Hall–Kier alpha value is -0.800. The number of allylic oxidation sites excluding steroid dienone is 1. The molecule has 0 aliphatic rings. The van der Waals surface area contributed by atoms with Crippen LogP contribution in [-0.2, 0) is 4.79 Å². The molecule has 4 heteroatoms. The maximum atomic E-state index is 11.8. The number of Topliss-reactive ketones (excluding diaryl/α,β-unsaturated/α-hetero) is 1. The minimum Gasteiger partial charge on any atom is -0.290 e. The first kappa shape index (κ1) is 15.2. The van der Waals surface area contributed by atoms with Crippen LogP contribution in [0.5, 0.6) is 0 Å². The lowest BCUT2D eigenvalue weighted by molar-refractivity contribution is -0.171. The molecule has 0 amide bonds. The predicted molar refractivity (Wildman–Crippen MR) is 58.2 cm³/mol. The molecule has 0 aliphatic carbocycles. The van der Waals surface area contributed by atoms with E-state index in [1.165, 1.54) is 0 Å². The number of hydrogen-bond donors (Lipinski definition) is 0. The molecule has 0 saturated heterocycles. The number of ketones is 1. The Morgan fingerprint density at radius 2 is 1.50 bits per heavy atom. The molecule has 0 saturated carbocycles. The van der Waals surface area contributed by atoms with Crippen molar-refractivity contribution >= 4 is 5.78 Å². The third kappa shape index (κ3) is 8.50. The molecule has 0 heterocycles. The average Bonchev–Trinajstić information content (AvgIpc) is 2.20. The van der Waals surface area contributed by atoms with E-state index in [9.17, 15) is 18.0 Å². The fraction of sp³-hybridized carbons (Fsp3) is 0.750. The van der Waals surface area contributed by atoms with Crippen molar-refractivity contribution in [1.82, 2.24) is 0 Å². The van der Waals surface area contributed by atoms with E-state index in [0.29, 0.717) is 12.8 Å². The summed E-state index contributed by atoms with van der Waals surface area (Å²) in [7, 11) is 0. The largest absolute Gasteiger partial charge is 0.449 e. The van der Waals surface area contributed by atoms with E-state index in [1.807, 2.05) is 6.08 Å². The molecule has 16 heavy (non-hydrogen) atoms. The fourth-order valence-corrected chi connectivity index (χ4v) is 1.42. The smallest absolute Gasteiger partial charge is 0.290 e.